The molecule has 1 aromatic heterocycles. The summed E-state index contributed by atoms with van der Waals surface area (Å²) < 4.78 is 0. The molecule has 0 aliphatic carbocycles. The Balaban J connectivity index is 1.83. The van der Waals surface area contributed by atoms with Crippen LogP contribution in [0.2, 0.25) is 0 Å². The number of rotatable bonds is 4. The predicted octanol–water partition coefficient (Wildman–Crippen LogP) is 2.49. The van der Waals surface area contributed by atoms with Crippen molar-refractivity contribution in [2.45, 2.75) is 26.2 Å². The Morgan fingerprint density at radius 2 is 2.12 bits per heavy atom. The maximum atomic E-state index is 13.0. The topological polar surface area (TPSA) is 90.5 Å². The first-order valence-electron chi connectivity index (χ1n) is 8.60. The number of nitrogens with one attached hydrogen (secondary N) is 1. The summed E-state index contributed by atoms with van der Waals surface area (Å²) in [5.41, 5.74) is 0.757. The lowest BCUT2D eigenvalue weighted by atomic mass is 9.88. The molecule has 1 aliphatic rings. The van der Waals surface area contributed by atoms with Crippen molar-refractivity contribution in [3.63, 3.8) is 0 Å². The van der Waals surface area contributed by atoms with Crippen LogP contribution in [0.5, 0.6) is 0 Å². The highest BCUT2D eigenvalue weighted by molar-refractivity contribution is 6.05. The average molecular weight is 342 g/mol. The summed E-state index contributed by atoms with van der Waals surface area (Å²) in [6, 6.07) is 8.61. The van der Waals surface area contributed by atoms with E-state index in [1.165, 1.54) is 6.07 Å². The molecule has 2 heterocycles. The molecule has 2 unspecified atom stereocenters. The largest absolute Gasteiger partial charge is 0.481 e. The van der Waals surface area contributed by atoms with E-state index in [-0.39, 0.29) is 17.4 Å². The number of pyridine rings is 1. The Bertz CT molecular complexity index is 858. The van der Waals surface area contributed by atoms with Gasteiger partial charge in [-0.25, -0.2) is 0 Å². The van der Waals surface area contributed by atoms with Gasteiger partial charge in [0.1, 0.15) is 0 Å². The molecule has 6 nitrogen and oxygen atoms in total. The van der Waals surface area contributed by atoms with E-state index in [1.807, 2.05) is 18.2 Å². The van der Waals surface area contributed by atoms with Gasteiger partial charge in [0.2, 0.25) is 5.56 Å². The van der Waals surface area contributed by atoms with E-state index in [1.54, 1.807) is 17.9 Å². The van der Waals surface area contributed by atoms with Gasteiger partial charge in [0.15, 0.2) is 0 Å². The molecular formula is C19H22N2O4. The van der Waals surface area contributed by atoms with Crippen LogP contribution in [0.1, 0.15) is 36.5 Å². The normalized spacial score (nSPS) is 18.9. The number of carbonyl (C=O) groups excluding carboxylic acids is 1. The molecule has 0 bridgehead atoms. The van der Waals surface area contributed by atoms with Gasteiger partial charge in [-0.05, 0) is 31.2 Å². The van der Waals surface area contributed by atoms with Crippen molar-refractivity contribution < 1.29 is 14.7 Å². The Kier molecular flexibility index (Phi) is 4.88. The minimum atomic E-state index is -0.802. The van der Waals surface area contributed by atoms with Crippen molar-refractivity contribution >= 4 is 22.8 Å². The van der Waals surface area contributed by atoms with Gasteiger partial charge in [-0.2, -0.15) is 0 Å². The number of likely N-dealkylation sites (tertiary alicyclic amines) is 1. The van der Waals surface area contributed by atoms with E-state index in [9.17, 15) is 14.4 Å². The Morgan fingerprint density at radius 3 is 2.88 bits per heavy atom. The van der Waals surface area contributed by atoms with Crippen LogP contribution in [0.15, 0.2) is 35.1 Å². The number of aliphatic carboxylic acids is 1. The number of nitrogens with zero attached hydrogens (tertiary/aromatic N) is 1. The highest BCUT2D eigenvalue weighted by Crippen LogP contribution is 2.25. The second-order valence-corrected chi connectivity index (χ2v) is 6.83. The van der Waals surface area contributed by atoms with Crippen LogP contribution >= 0.6 is 0 Å². The summed E-state index contributed by atoms with van der Waals surface area (Å²) in [5, 5.41) is 9.83. The zero-order chi connectivity index (χ0) is 18.0. The van der Waals surface area contributed by atoms with Gasteiger partial charge < -0.3 is 15.0 Å². The maximum Gasteiger partial charge on any atom is 0.306 e. The summed E-state index contributed by atoms with van der Waals surface area (Å²) in [4.78, 5) is 40.4. The number of carboxylic acid groups (broad SMARTS) is 1. The van der Waals surface area contributed by atoms with E-state index in [2.05, 4.69) is 4.98 Å². The number of piperidine rings is 1. The number of hydrogen-bond donors (Lipinski definition) is 2. The fourth-order valence-corrected chi connectivity index (χ4v) is 3.59. The quantitative estimate of drug-likeness (QED) is 0.893. The first-order valence-corrected chi connectivity index (χ1v) is 8.60. The summed E-state index contributed by atoms with van der Waals surface area (Å²) in [6.07, 6.45) is 2.34. The number of hydrogen-bond acceptors (Lipinski definition) is 3. The van der Waals surface area contributed by atoms with Gasteiger partial charge in [0.05, 0.1) is 11.5 Å². The Morgan fingerprint density at radius 1 is 1.36 bits per heavy atom. The van der Waals surface area contributed by atoms with E-state index in [4.69, 9.17) is 5.11 Å². The zero-order valence-electron chi connectivity index (χ0n) is 14.2. The standard InChI is InChI=1S/C19H22N2O4/c1-12(19(24)25)9-13-5-4-8-21(11-13)18(23)15-10-17(22)20-16-7-3-2-6-14(15)16/h2-3,6-7,10,12-13H,4-5,8-9,11H2,1H3,(H,20,22)(H,24,25). The van der Waals surface area contributed by atoms with Gasteiger partial charge in [0, 0.05) is 30.1 Å². The number of H-pyrrole nitrogens is 1. The maximum absolute atomic E-state index is 13.0. The molecule has 1 saturated heterocycles. The molecular weight excluding hydrogens is 320 g/mol. The first kappa shape index (κ1) is 17.2. The third-order valence-electron chi connectivity index (χ3n) is 4.90. The van der Waals surface area contributed by atoms with E-state index < -0.39 is 11.9 Å². The zero-order valence-corrected chi connectivity index (χ0v) is 14.2. The highest BCUT2D eigenvalue weighted by Gasteiger charge is 2.28. The van der Waals surface area contributed by atoms with Crippen LogP contribution in [0.25, 0.3) is 10.9 Å². The van der Waals surface area contributed by atoms with Crippen LogP contribution in [0.3, 0.4) is 0 Å². The lowest BCUT2D eigenvalue weighted by molar-refractivity contribution is -0.141. The molecule has 0 radical (unpaired) electrons. The van der Waals surface area contributed by atoms with Gasteiger partial charge in [-0.15, -0.1) is 0 Å². The third-order valence-corrected chi connectivity index (χ3v) is 4.90. The average Bonchev–Trinajstić information content (AvgIpc) is 2.60. The monoisotopic (exact) mass is 342 g/mol. The molecule has 0 spiro atoms. The molecule has 1 amide bonds. The summed E-state index contributed by atoms with van der Waals surface area (Å²) >= 11 is 0. The van der Waals surface area contributed by atoms with Crippen molar-refractivity contribution in [1.82, 2.24) is 9.88 Å². The molecule has 2 atom stereocenters. The van der Waals surface area contributed by atoms with Gasteiger partial charge in [-0.3, -0.25) is 14.4 Å². The van der Waals surface area contributed by atoms with Gasteiger partial charge in [-0.1, -0.05) is 25.1 Å². The smallest absolute Gasteiger partial charge is 0.306 e. The van der Waals surface area contributed by atoms with Gasteiger partial charge in [0.25, 0.3) is 5.91 Å². The van der Waals surface area contributed by atoms with Crippen LogP contribution < -0.4 is 5.56 Å². The highest BCUT2D eigenvalue weighted by atomic mass is 16.4. The Hall–Kier alpha value is -2.63. The lowest BCUT2D eigenvalue weighted by Crippen LogP contribution is -2.41. The van der Waals surface area contributed by atoms with Gasteiger partial charge >= 0.3 is 5.97 Å². The number of carbonyl (C=O) groups is 2. The molecule has 6 heteroatoms. The molecule has 25 heavy (non-hydrogen) atoms. The van der Waals surface area contributed by atoms with Crippen LogP contribution in [-0.4, -0.2) is 40.0 Å². The number of amides is 1. The summed E-state index contributed by atoms with van der Waals surface area (Å²) in [6.45, 7) is 2.88. The third kappa shape index (κ3) is 3.73. The molecule has 132 valence electrons. The second-order valence-electron chi connectivity index (χ2n) is 6.83. The molecule has 1 fully saturated rings. The van der Waals surface area contributed by atoms with Crippen molar-refractivity contribution in [2.24, 2.45) is 11.8 Å². The number of carboxylic acids is 1. The number of aromatic nitrogens is 1. The van der Waals surface area contributed by atoms with Crippen LogP contribution in [-0.2, 0) is 4.79 Å². The van der Waals surface area contributed by atoms with Crippen molar-refractivity contribution in [3.8, 4) is 0 Å². The number of aromatic amines is 1. The molecule has 1 aromatic carbocycles. The lowest BCUT2D eigenvalue weighted by Gasteiger charge is -2.33. The van der Waals surface area contributed by atoms with E-state index in [0.717, 1.165) is 18.2 Å². The SMILES string of the molecule is CC(CC1CCCN(C(=O)c2cc(=O)[nH]c3ccccc23)C1)C(=O)O. The molecule has 2 aromatic rings. The number of fused-ring (bicyclic) bond motifs is 1. The first-order chi connectivity index (χ1) is 12.0. The van der Waals surface area contributed by atoms with Crippen molar-refractivity contribution in [2.75, 3.05) is 13.1 Å². The summed E-state index contributed by atoms with van der Waals surface area (Å²) in [5.74, 6) is -1.20. The predicted molar refractivity (Wildman–Crippen MR) is 94.6 cm³/mol. The number of para-hydroxylation sites is 1. The van der Waals surface area contributed by atoms with Crippen LogP contribution in [0.4, 0.5) is 0 Å². The van der Waals surface area contributed by atoms with Crippen molar-refractivity contribution in [1.29, 1.82) is 0 Å². The molecule has 2 N–H and O–H groups in total. The minimum absolute atomic E-state index is 0.157. The van der Waals surface area contributed by atoms with Crippen molar-refractivity contribution in [3.05, 3.63) is 46.2 Å². The fraction of sp³-hybridized carbons (Fsp3) is 0.421. The number of benzene rings is 1. The van der Waals surface area contributed by atoms with E-state index >= 15 is 0 Å². The molecule has 0 saturated carbocycles. The summed E-state index contributed by atoms with van der Waals surface area (Å²) in [7, 11) is 0. The fourth-order valence-electron chi connectivity index (χ4n) is 3.59. The molecule has 3 rings (SSSR count). The van der Waals surface area contributed by atoms with E-state index in [0.29, 0.717) is 30.6 Å². The minimum Gasteiger partial charge on any atom is -0.481 e. The molecule has 1 aliphatic heterocycles. The second kappa shape index (κ2) is 7.09. The Labute approximate surface area is 145 Å². The van der Waals surface area contributed by atoms with Crippen LogP contribution in [0, 0.1) is 11.8 Å².